The van der Waals surface area contributed by atoms with Crippen LogP contribution >= 0.6 is 22.9 Å². The minimum atomic E-state index is -3.73. The van der Waals surface area contributed by atoms with Crippen molar-refractivity contribution in [1.82, 2.24) is 9.97 Å². The molecule has 33 heavy (non-hydrogen) atoms. The molecule has 5 rings (SSSR count). The number of halogens is 3. The van der Waals surface area contributed by atoms with Gasteiger partial charge in [0.05, 0.1) is 10.7 Å². The van der Waals surface area contributed by atoms with Crippen LogP contribution in [0.3, 0.4) is 0 Å². The lowest BCUT2D eigenvalue weighted by Gasteiger charge is -2.08. The van der Waals surface area contributed by atoms with E-state index < -0.39 is 6.29 Å². The van der Waals surface area contributed by atoms with Crippen LogP contribution in [0.2, 0.25) is 5.02 Å². The molecule has 0 unspecified atom stereocenters. The number of aryl methyl sites for hydroxylation is 1. The number of anilines is 1. The predicted molar refractivity (Wildman–Crippen MR) is 121 cm³/mol. The molecule has 166 valence electrons. The Morgan fingerprint density at radius 1 is 1.06 bits per heavy atom. The number of aromatic nitrogens is 2. The van der Waals surface area contributed by atoms with Gasteiger partial charge in [-0.15, -0.1) is 20.1 Å². The van der Waals surface area contributed by atoms with Crippen molar-refractivity contribution in [3.05, 3.63) is 76.4 Å². The summed E-state index contributed by atoms with van der Waals surface area (Å²) < 4.78 is 35.5. The first-order chi connectivity index (χ1) is 15.8. The maximum atomic E-state index is 13.3. The molecule has 0 saturated heterocycles. The molecule has 1 N–H and O–H groups in total. The van der Waals surface area contributed by atoms with Crippen molar-refractivity contribution in [2.24, 2.45) is 0 Å². The van der Waals surface area contributed by atoms with Crippen molar-refractivity contribution in [2.75, 3.05) is 5.32 Å². The summed E-state index contributed by atoms with van der Waals surface area (Å²) in [5.74, 6) is -0.260. The number of carbonyl (C=O) groups excluding carboxylic acids is 1. The number of carbonyl (C=O) groups is 1. The summed E-state index contributed by atoms with van der Waals surface area (Å²) in [5, 5.41) is 3.70. The van der Waals surface area contributed by atoms with Crippen LogP contribution < -0.4 is 14.8 Å². The van der Waals surface area contributed by atoms with Crippen LogP contribution in [0.5, 0.6) is 11.5 Å². The van der Waals surface area contributed by atoms with Crippen LogP contribution in [0, 0.1) is 6.92 Å². The zero-order chi connectivity index (χ0) is 23.2. The maximum absolute atomic E-state index is 13.3. The van der Waals surface area contributed by atoms with Gasteiger partial charge in [0.15, 0.2) is 11.5 Å². The molecule has 6 nitrogen and oxygen atoms in total. The number of benzene rings is 2. The molecule has 2 aromatic heterocycles. The highest BCUT2D eigenvalue weighted by atomic mass is 35.5. The Morgan fingerprint density at radius 2 is 1.79 bits per heavy atom. The lowest BCUT2D eigenvalue weighted by Crippen LogP contribution is -2.25. The van der Waals surface area contributed by atoms with Crippen LogP contribution in [0.4, 0.5) is 14.6 Å². The minimum absolute atomic E-state index is 0.119. The Kier molecular flexibility index (Phi) is 5.22. The third kappa shape index (κ3) is 4.24. The molecule has 1 amide bonds. The number of rotatable bonds is 4. The lowest BCUT2D eigenvalue weighted by atomic mass is 10.1. The maximum Gasteiger partial charge on any atom is 0.586 e. The molecule has 0 bridgehead atoms. The number of pyridine rings is 1. The van der Waals surface area contributed by atoms with Gasteiger partial charge in [-0.25, -0.2) is 9.97 Å². The second-order valence-electron chi connectivity index (χ2n) is 7.13. The Morgan fingerprint density at radius 3 is 2.48 bits per heavy atom. The van der Waals surface area contributed by atoms with E-state index in [9.17, 15) is 13.6 Å². The van der Waals surface area contributed by atoms with E-state index in [2.05, 4.69) is 24.8 Å². The van der Waals surface area contributed by atoms with E-state index >= 15 is 0 Å². The van der Waals surface area contributed by atoms with Gasteiger partial charge in [-0.2, -0.15) is 0 Å². The average molecular weight is 486 g/mol. The van der Waals surface area contributed by atoms with E-state index in [4.69, 9.17) is 11.6 Å². The third-order valence-corrected chi connectivity index (χ3v) is 6.35. The van der Waals surface area contributed by atoms with E-state index in [0.29, 0.717) is 27.5 Å². The topological polar surface area (TPSA) is 73.3 Å². The smallest absolute Gasteiger partial charge is 0.395 e. The fraction of sp³-hybridized carbons (Fsp3) is 0.0870. The summed E-state index contributed by atoms with van der Waals surface area (Å²) in [6.07, 6.45) is -2.25. The average Bonchev–Trinajstić information content (AvgIpc) is 3.32. The second-order valence-corrected chi connectivity index (χ2v) is 8.54. The van der Waals surface area contributed by atoms with Crippen LogP contribution in [-0.2, 0) is 0 Å². The normalized spacial score (nSPS) is 13.7. The van der Waals surface area contributed by atoms with E-state index in [-0.39, 0.29) is 22.4 Å². The van der Waals surface area contributed by atoms with Gasteiger partial charge in [0.2, 0.25) is 0 Å². The number of hydrogen-bond acceptors (Lipinski definition) is 6. The fourth-order valence-electron chi connectivity index (χ4n) is 3.30. The van der Waals surface area contributed by atoms with Gasteiger partial charge in [-0.05, 0) is 25.1 Å². The number of alkyl halides is 2. The molecule has 2 aromatic carbocycles. The van der Waals surface area contributed by atoms with Crippen molar-refractivity contribution in [3.63, 3.8) is 0 Å². The number of thiazole rings is 1. The molecule has 3 heterocycles. The number of hydrogen-bond donors (Lipinski definition) is 1. The summed E-state index contributed by atoms with van der Waals surface area (Å²) in [5.41, 5.74) is 2.55. The van der Waals surface area contributed by atoms with Crippen LogP contribution in [0.15, 0.2) is 60.8 Å². The third-order valence-electron chi connectivity index (χ3n) is 4.83. The van der Waals surface area contributed by atoms with Gasteiger partial charge in [0.1, 0.15) is 15.7 Å². The summed E-state index contributed by atoms with van der Waals surface area (Å²) in [6, 6.07) is 15.5. The van der Waals surface area contributed by atoms with Crippen molar-refractivity contribution in [1.29, 1.82) is 0 Å². The zero-order valence-corrected chi connectivity index (χ0v) is 18.5. The first-order valence-electron chi connectivity index (χ1n) is 9.69. The number of amides is 1. The molecule has 1 aliphatic heterocycles. The second kappa shape index (κ2) is 8.09. The number of ether oxygens (including phenoxy) is 2. The quantitative estimate of drug-likeness (QED) is 0.361. The predicted octanol–water partition coefficient (Wildman–Crippen LogP) is 6.41. The highest BCUT2D eigenvalue weighted by Gasteiger charge is 2.43. The lowest BCUT2D eigenvalue weighted by molar-refractivity contribution is -0.286. The molecule has 1 aliphatic rings. The highest BCUT2D eigenvalue weighted by molar-refractivity contribution is 7.17. The molecule has 0 radical (unpaired) electrons. The summed E-state index contributed by atoms with van der Waals surface area (Å²) >= 11 is 7.52. The largest absolute Gasteiger partial charge is 0.586 e. The van der Waals surface area contributed by atoms with E-state index in [1.807, 2.05) is 30.3 Å². The standard InChI is InChI=1S/C23H14ClF2N3O3S/c1-12-20(33-22(28-12)13-5-3-2-4-6-13)21(30)29-19-8-7-14(11-27-19)15-9-17-18(10-16(15)24)32-23(25,26)31-17/h2-11H,1H3,(H,27,29,30). The summed E-state index contributed by atoms with van der Waals surface area (Å²) in [7, 11) is 0. The minimum Gasteiger partial charge on any atom is -0.395 e. The SMILES string of the molecule is Cc1nc(-c2ccccc2)sc1C(=O)Nc1ccc(-c2cc3c(cc2Cl)OC(F)(F)O3)cn1. The fourth-order valence-corrected chi connectivity index (χ4v) is 4.53. The van der Waals surface area contributed by atoms with Crippen LogP contribution in [0.25, 0.3) is 21.7 Å². The molecule has 10 heteroatoms. The molecular weight excluding hydrogens is 472 g/mol. The molecule has 0 saturated carbocycles. The summed E-state index contributed by atoms with van der Waals surface area (Å²) in [4.78, 5) is 22.0. The Hall–Kier alpha value is -3.56. The van der Waals surface area contributed by atoms with Crippen LogP contribution in [0.1, 0.15) is 15.4 Å². The van der Waals surface area contributed by atoms with Crippen molar-refractivity contribution in [3.8, 4) is 33.2 Å². The van der Waals surface area contributed by atoms with E-state index in [1.165, 1.54) is 29.7 Å². The number of fused-ring (bicyclic) bond motifs is 1. The Balaban J connectivity index is 1.34. The van der Waals surface area contributed by atoms with Crippen molar-refractivity contribution < 1.29 is 23.0 Å². The Bertz CT molecular complexity index is 1360. The van der Waals surface area contributed by atoms with E-state index in [1.54, 1.807) is 19.1 Å². The van der Waals surface area contributed by atoms with Gasteiger partial charge >= 0.3 is 6.29 Å². The first-order valence-corrected chi connectivity index (χ1v) is 10.9. The molecule has 0 aliphatic carbocycles. The van der Waals surface area contributed by atoms with Gasteiger partial charge < -0.3 is 14.8 Å². The number of nitrogens with zero attached hydrogens (tertiary/aromatic N) is 2. The molecule has 4 aromatic rings. The van der Waals surface area contributed by atoms with Crippen molar-refractivity contribution >= 4 is 34.7 Å². The van der Waals surface area contributed by atoms with Crippen LogP contribution in [-0.4, -0.2) is 22.2 Å². The first kappa shape index (κ1) is 21.3. The monoisotopic (exact) mass is 485 g/mol. The van der Waals surface area contributed by atoms with Gasteiger partial charge in [-0.3, -0.25) is 4.79 Å². The van der Waals surface area contributed by atoms with Gasteiger partial charge in [-0.1, -0.05) is 41.9 Å². The Labute approximate surface area is 195 Å². The molecule has 0 spiro atoms. The molecule has 0 fully saturated rings. The van der Waals surface area contributed by atoms with Crippen molar-refractivity contribution in [2.45, 2.75) is 13.2 Å². The number of nitrogens with one attached hydrogen (secondary N) is 1. The van der Waals surface area contributed by atoms with Gasteiger partial charge in [0.25, 0.3) is 5.91 Å². The van der Waals surface area contributed by atoms with Gasteiger partial charge in [0, 0.05) is 29.0 Å². The van der Waals surface area contributed by atoms with E-state index in [0.717, 1.165) is 10.6 Å². The summed E-state index contributed by atoms with van der Waals surface area (Å²) in [6.45, 7) is 1.78. The molecule has 0 atom stereocenters. The highest BCUT2D eigenvalue weighted by Crippen LogP contribution is 2.46. The zero-order valence-electron chi connectivity index (χ0n) is 16.9. The molecular formula is C23H14ClF2N3O3S.